The number of benzene rings is 2. The molecule has 0 aliphatic carbocycles. The van der Waals surface area contributed by atoms with Gasteiger partial charge in [-0.1, -0.05) is 56.3 Å². The predicted octanol–water partition coefficient (Wildman–Crippen LogP) is 2.05. The fraction of sp³-hybridized carbons (Fsp3) is 0.348. The Balaban J connectivity index is 2.03. The van der Waals surface area contributed by atoms with E-state index in [-0.39, 0.29) is 18.3 Å². The number of carbonyl (C=O) groups is 2. The van der Waals surface area contributed by atoms with Crippen molar-refractivity contribution in [3.8, 4) is 5.75 Å². The van der Waals surface area contributed by atoms with Gasteiger partial charge in [0.15, 0.2) is 5.96 Å². The molecule has 30 heavy (non-hydrogen) atoms. The Kier molecular flexibility index (Phi) is 8.87. The molecule has 2 aromatic rings. The van der Waals surface area contributed by atoms with Crippen LogP contribution in [-0.2, 0) is 22.4 Å². The number of nitrogens with two attached hydrogens (primary N) is 1. The highest BCUT2D eigenvalue weighted by atomic mass is 16.5. The van der Waals surface area contributed by atoms with Crippen LogP contribution in [0.5, 0.6) is 5.75 Å². The molecule has 0 saturated heterocycles. The second-order valence-corrected chi connectivity index (χ2v) is 7.44. The lowest BCUT2D eigenvalue weighted by molar-refractivity contribution is -0.123. The quantitative estimate of drug-likeness (QED) is 0.433. The molecule has 0 heterocycles. The standard InChI is InChI=1S/C23H30N4O3/c1-16(2)15-25-22(29)20(13-17-7-5-4-6-8-17)26-23(24)27-21(28)14-18-9-11-19(30-3)12-10-18/h4-12,16,20H,13-15H2,1-3H3,(H,25,29)(H3,24,26,27,28). The highest BCUT2D eigenvalue weighted by Gasteiger charge is 2.20. The van der Waals surface area contributed by atoms with Crippen molar-refractivity contribution in [2.24, 2.45) is 16.6 Å². The molecule has 4 N–H and O–H groups in total. The number of carbonyl (C=O) groups excluding carboxylic acids is 2. The van der Waals surface area contributed by atoms with Crippen molar-refractivity contribution in [2.45, 2.75) is 32.7 Å². The van der Waals surface area contributed by atoms with Crippen molar-refractivity contribution in [2.75, 3.05) is 13.7 Å². The number of ether oxygens (including phenoxy) is 1. The van der Waals surface area contributed by atoms with Crippen LogP contribution in [0.25, 0.3) is 0 Å². The van der Waals surface area contributed by atoms with E-state index < -0.39 is 11.9 Å². The summed E-state index contributed by atoms with van der Waals surface area (Å²) in [6, 6.07) is 16.1. The first-order chi connectivity index (χ1) is 14.4. The van der Waals surface area contributed by atoms with Crippen LogP contribution in [0.2, 0.25) is 0 Å². The van der Waals surface area contributed by atoms with E-state index in [4.69, 9.17) is 10.5 Å². The van der Waals surface area contributed by atoms with Crippen LogP contribution in [0.4, 0.5) is 0 Å². The minimum Gasteiger partial charge on any atom is -0.497 e. The van der Waals surface area contributed by atoms with Crippen LogP contribution in [0.15, 0.2) is 59.6 Å². The topological polar surface area (TPSA) is 106 Å². The summed E-state index contributed by atoms with van der Waals surface area (Å²) in [5.74, 6) is 0.379. The van der Waals surface area contributed by atoms with Crippen LogP contribution in [-0.4, -0.2) is 37.5 Å². The lowest BCUT2D eigenvalue weighted by Crippen LogP contribution is -2.51. The number of hydrogen-bond donors (Lipinski definition) is 3. The molecule has 0 radical (unpaired) electrons. The lowest BCUT2D eigenvalue weighted by Gasteiger charge is -2.19. The molecule has 0 spiro atoms. The van der Waals surface area contributed by atoms with Crippen LogP contribution >= 0.6 is 0 Å². The van der Waals surface area contributed by atoms with Gasteiger partial charge in [-0.3, -0.25) is 9.59 Å². The molecule has 7 nitrogen and oxygen atoms in total. The van der Waals surface area contributed by atoms with E-state index in [0.29, 0.717) is 24.6 Å². The Morgan fingerprint density at radius 2 is 1.70 bits per heavy atom. The van der Waals surface area contributed by atoms with Crippen molar-refractivity contribution in [3.63, 3.8) is 0 Å². The average Bonchev–Trinajstić information content (AvgIpc) is 2.72. The highest BCUT2D eigenvalue weighted by molar-refractivity contribution is 5.95. The van der Waals surface area contributed by atoms with Gasteiger partial charge in [0.2, 0.25) is 5.91 Å². The first-order valence-electron chi connectivity index (χ1n) is 9.95. The average molecular weight is 411 g/mol. The number of guanidine groups is 1. The number of aliphatic imine (C=N–C) groups is 1. The second kappa shape index (κ2) is 11.6. The molecule has 0 aromatic heterocycles. The third-order valence-corrected chi connectivity index (χ3v) is 4.37. The monoisotopic (exact) mass is 410 g/mol. The Morgan fingerprint density at radius 3 is 2.30 bits per heavy atom. The van der Waals surface area contributed by atoms with Gasteiger partial charge in [-0.25, -0.2) is 0 Å². The van der Waals surface area contributed by atoms with E-state index in [1.807, 2.05) is 44.2 Å². The van der Waals surface area contributed by atoms with Crippen molar-refractivity contribution in [1.82, 2.24) is 10.6 Å². The molecule has 2 aromatic carbocycles. The summed E-state index contributed by atoms with van der Waals surface area (Å²) in [4.78, 5) is 28.8. The first kappa shape index (κ1) is 22.9. The van der Waals surface area contributed by atoms with Gasteiger partial charge in [0.1, 0.15) is 11.8 Å². The van der Waals surface area contributed by atoms with E-state index in [2.05, 4.69) is 15.6 Å². The molecule has 0 aliphatic rings. The largest absolute Gasteiger partial charge is 0.497 e. The van der Waals surface area contributed by atoms with E-state index in [1.165, 1.54) is 0 Å². The summed E-state index contributed by atoms with van der Waals surface area (Å²) in [5, 5.41) is 5.80. The van der Waals surface area contributed by atoms with Gasteiger partial charge in [0.05, 0.1) is 13.5 Å². The minimum atomic E-state index is -0.635. The molecule has 2 rings (SSSR count). The number of methoxy groups -OCH3 is 1. The third-order valence-electron chi connectivity index (χ3n) is 4.37. The van der Waals surface area contributed by atoms with Gasteiger partial charge in [0.25, 0.3) is 5.91 Å². The summed E-state index contributed by atoms with van der Waals surface area (Å²) < 4.78 is 5.11. The maximum atomic E-state index is 12.6. The molecule has 0 bridgehead atoms. The Labute approximate surface area is 177 Å². The molecular weight excluding hydrogens is 380 g/mol. The fourth-order valence-corrected chi connectivity index (χ4v) is 2.79. The number of nitrogens with one attached hydrogen (secondary N) is 2. The molecule has 1 atom stereocenters. The summed E-state index contributed by atoms with van der Waals surface area (Å²) in [7, 11) is 1.58. The highest BCUT2D eigenvalue weighted by Crippen LogP contribution is 2.12. The smallest absolute Gasteiger partial charge is 0.253 e. The molecule has 0 aliphatic heterocycles. The van der Waals surface area contributed by atoms with Crippen molar-refractivity contribution < 1.29 is 14.3 Å². The zero-order valence-electron chi connectivity index (χ0n) is 17.7. The fourth-order valence-electron chi connectivity index (χ4n) is 2.79. The Bertz CT molecular complexity index is 849. The van der Waals surface area contributed by atoms with E-state index in [0.717, 1.165) is 11.1 Å². The number of nitrogens with zero attached hydrogens (tertiary/aromatic N) is 1. The van der Waals surface area contributed by atoms with Crippen LogP contribution < -0.4 is 21.1 Å². The van der Waals surface area contributed by atoms with Gasteiger partial charge in [0, 0.05) is 13.0 Å². The third kappa shape index (κ3) is 7.95. The summed E-state index contributed by atoms with van der Waals surface area (Å²) in [6.45, 7) is 4.60. The number of rotatable bonds is 9. The first-order valence-corrected chi connectivity index (χ1v) is 9.95. The van der Waals surface area contributed by atoms with Crippen LogP contribution in [0, 0.1) is 5.92 Å². The number of hydrogen-bond acceptors (Lipinski definition) is 3. The van der Waals surface area contributed by atoms with Gasteiger partial charge >= 0.3 is 0 Å². The molecule has 0 fully saturated rings. The Hall–Kier alpha value is -3.35. The van der Waals surface area contributed by atoms with Crippen molar-refractivity contribution in [3.05, 3.63) is 65.7 Å². The second-order valence-electron chi connectivity index (χ2n) is 7.44. The lowest BCUT2D eigenvalue weighted by atomic mass is 10.1. The van der Waals surface area contributed by atoms with Gasteiger partial charge < -0.3 is 21.1 Å². The molecule has 160 valence electrons. The van der Waals surface area contributed by atoms with Gasteiger partial charge in [-0.05, 0) is 29.2 Å². The van der Waals surface area contributed by atoms with Crippen molar-refractivity contribution >= 4 is 17.8 Å². The summed E-state index contributed by atoms with van der Waals surface area (Å²) in [5.41, 5.74) is 7.72. The molecule has 7 heteroatoms. The maximum absolute atomic E-state index is 12.6. The van der Waals surface area contributed by atoms with Crippen LogP contribution in [0.1, 0.15) is 25.0 Å². The minimum absolute atomic E-state index is 0.0749. The molecular formula is C23H30N4O3. The van der Waals surface area contributed by atoms with Crippen LogP contribution in [0.3, 0.4) is 0 Å². The van der Waals surface area contributed by atoms with E-state index in [1.54, 1.807) is 31.4 Å². The predicted molar refractivity (Wildman–Crippen MR) is 118 cm³/mol. The van der Waals surface area contributed by atoms with Crippen molar-refractivity contribution in [1.29, 1.82) is 0 Å². The Morgan fingerprint density at radius 1 is 1.03 bits per heavy atom. The SMILES string of the molecule is COc1ccc(CC(=O)N=C(N)NC(Cc2ccccc2)C(=O)NCC(C)C)cc1. The molecule has 2 amide bonds. The normalized spacial score (nSPS) is 12.3. The molecule has 0 saturated carbocycles. The van der Waals surface area contributed by atoms with E-state index >= 15 is 0 Å². The number of amides is 2. The zero-order chi connectivity index (χ0) is 21.9. The summed E-state index contributed by atoms with van der Waals surface area (Å²) >= 11 is 0. The molecule has 1 unspecified atom stereocenters. The van der Waals surface area contributed by atoms with E-state index in [9.17, 15) is 9.59 Å². The van der Waals surface area contributed by atoms with Gasteiger partial charge in [-0.15, -0.1) is 0 Å². The van der Waals surface area contributed by atoms with Gasteiger partial charge in [-0.2, -0.15) is 4.99 Å². The maximum Gasteiger partial charge on any atom is 0.253 e. The zero-order valence-corrected chi connectivity index (χ0v) is 17.7. The summed E-state index contributed by atoms with van der Waals surface area (Å²) in [6.07, 6.45) is 0.531.